The van der Waals surface area contributed by atoms with Crippen LogP contribution in [0.4, 0.5) is 0 Å². The Morgan fingerprint density at radius 3 is 2.61 bits per heavy atom. The number of halogens is 1. The lowest BCUT2D eigenvalue weighted by molar-refractivity contribution is 0.0551. The highest BCUT2D eigenvalue weighted by Gasteiger charge is 2.28. The Morgan fingerprint density at radius 2 is 2.00 bits per heavy atom. The maximum absolute atomic E-state index is 12.5. The minimum atomic E-state index is 0.176. The first-order chi connectivity index (χ1) is 8.63. The molecule has 1 aromatic carbocycles. The van der Waals surface area contributed by atoms with Crippen molar-refractivity contribution in [2.24, 2.45) is 5.92 Å². The van der Waals surface area contributed by atoms with E-state index in [2.05, 4.69) is 29.8 Å². The Hall–Kier alpha value is -0.830. The number of piperidine rings is 1. The summed E-state index contributed by atoms with van der Waals surface area (Å²) in [4.78, 5) is 14.5. The minimum absolute atomic E-state index is 0.176. The summed E-state index contributed by atoms with van der Waals surface area (Å²) in [7, 11) is 0. The molecule has 2 atom stereocenters. The summed E-state index contributed by atoms with van der Waals surface area (Å²) < 4.78 is 0. The molecule has 2 nitrogen and oxygen atoms in total. The molecule has 1 heterocycles. The maximum atomic E-state index is 12.5. The average Bonchev–Trinajstić information content (AvgIpc) is 2.41. The van der Waals surface area contributed by atoms with Gasteiger partial charge in [0.1, 0.15) is 0 Å². The lowest BCUT2D eigenvalue weighted by Gasteiger charge is -2.38. The zero-order chi connectivity index (χ0) is 13.1. The molecular formula is C15H20BrNO. The number of amides is 1. The first-order valence-corrected chi connectivity index (χ1v) is 7.71. The van der Waals surface area contributed by atoms with Gasteiger partial charge in [-0.25, -0.2) is 0 Å². The molecule has 1 fully saturated rings. The molecule has 0 radical (unpaired) electrons. The molecule has 0 N–H and O–H groups in total. The van der Waals surface area contributed by atoms with Crippen LogP contribution >= 0.6 is 15.9 Å². The molecule has 0 saturated carbocycles. The average molecular weight is 310 g/mol. The first kappa shape index (κ1) is 13.6. The third-order valence-electron chi connectivity index (χ3n) is 3.99. The van der Waals surface area contributed by atoms with Crippen LogP contribution in [0.5, 0.6) is 0 Å². The van der Waals surface area contributed by atoms with Gasteiger partial charge in [0.25, 0.3) is 5.91 Å². The molecule has 1 saturated heterocycles. The van der Waals surface area contributed by atoms with E-state index in [0.29, 0.717) is 12.0 Å². The summed E-state index contributed by atoms with van der Waals surface area (Å²) in [6.45, 7) is 5.29. The van der Waals surface area contributed by atoms with E-state index in [1.807, 2.05) is 29.2 Å². The monoisotopic (exact) mass is 309 g/mol. The van der Waals surface area contributed by atoms with Crippen molar-refractivity contribution in [3.05, 3.63) is 35.4 Å². The Labute approximate surface area is 117 Å². The Balaban J connectivity index is 2.14. The van der Waals surface area contributed by atoms with Crippen LogP contribution in [0.2, 0.25) is 0 Å². The van der Waals surface area contributed by atoms with Crippen LogP contribution in [-0.4, -0.2) is 23.4 Å². The molecule has 1 aromatic rings. The van der Waals surface area contributed by atoms with Crippen molar-refractivity contribution in [1.29, 1.82) is 0 Å². The van der Waals surface area contributed by atoms with Gasteiger partial charge in [0.05, 0.1) is 0 Å². The summed E-state index contributed by atoms with van der Waals surface area (Å²) >= 11 is 3.42. The van der Waals surface area contributed by atoms with E-state index in [1.165, 1.54) is 12.0 Å². The number of alkyl halides is 1. The van der Waals surface area contributed by atoms with Gasteiger partial charge in [-0.15, -0.1) is 0 Å². The Morgan fingerprint density at radius 1 is 1.33 bits per heavy atom. The number of rotatable bonds is 2. The van der Waals surface area contributed by atoms with Gasteiger partial charge in [-0.2, -0.15) is 0 Å². The number of hydrogen-bond acceptors (Lipinski definition) is 1. The van der Waals surface area contributed by atoms with Gasteiger partial charge in [-0.1, -0.05) is 35.0 Å². The van der Waals surface area contributed by atoms with Gasteiger partial charge in [-0.05, 0) is 43.4 Å². The fraction of sp³-hybridized carbons (Fsp3) is 0.533. The van der Waals surface area contributed by atoms with E-state index in [4.69, 9.17) is 0 Å². The molecule has 1 aliphatic heterocycles. The molecular weight excluding hydrogens is 290 g/mol. The van der Waals surface area contributed by atoms with Gasteiger partial charge in [0, 0.05) is 23.5 Å². The first-order valence-electron chi connectivity index (χ1n) is 6.59. The van der Waals surface area contributed by atoms with Crippen LogP contribution in [0.1, 0.15) is 42.6 Å². The summed E-state index contributed by atoms with van der Waals surface area (Å²) in [5.74, 6) is 0.777. The predicted molar refractivity (Wildman–Crippen MR) is 78.0 cm³/mol. The second-order valence-corrected chi connectivity index (χ2v) is 5.75. The molecule has 0 spiro atoms. The van der Waals surface area contributed by atoms with E-state index in [9.17, 15) is 4.79 Å². The smallest absolute Gasteiger partial charge is 0.254 e. The number of hydrogen-bond donors (Lipinski definition) is 0. The molecule has 1 aliphatic rings. The van der Waals surface area contributed by atoms with Crippen molar-refractivity contribution in [2.75, 3.05) is 6.54 Å². The summed E-state index contributed by atoms with van der Waals surface area (Å²) in [6, 6.07) is 8.25. The third-order valence-corrected chi connectivity index (χ3v) is 4.64. The fourth-order valence-electron chi connectivity index (χ4n) is 2.52. The molecule has 0 aliphatic carbocycles. The van der Waals surface area contributed by atoms with Crippen molar-refractivity contribution >= 4 is 21.8 Å². The van der Waals surface area contributed by atoms with Crippen LogP contribution in [0.25, 0.3) is 0 Å². The zero-order valence-corrected chi connectivity index (χ0v) is 12.6. The van der Waals surface area contributed by atoms with Gasteiger partial charge in [0.15, 0.2) is 0 Å². The van der Waals surface area contributed by atoms with Crippen LogP contribution in [-0.2, 0) is 5.33 Å². The molecule has 2 unspecified atom stereocenters. The normalized spacial score (nSPS) is 24.1. The number of likely N-dealkylation sites (tertiary alicyclic amines) is 1. The SMILES string of the molecule is CC1CCCN(C(=O)c2ccc(CBr)cc2)C1C. The number of carbonyl (C=O) groups excluding carboxylic acids is 1. The molecule has 2 rings (SSSR count). The zero-order valence-electron chi connectivity index (χ0n) is 11.0. The second-order valence-electron chi connectivity index (χ2n) is 5.19. The van der Waals surface area contributed by atoms with Crippen molar-refractivity contribution in [3.63, 3.8) is 0 Å². The summed E-state index contributed by atoms with van der Waals surface area (Å²) in [5.41, 5.74) is 2.01. The lowest BCUT2D eigenvalue weighted by Crippen LogP contribution is -2.46. The van der Waals surface area contributed by atoms with Crippen molar-refractivity contribution in [2.45, 2.75) is 38.1 Å². The van der Waals surface area contributed by atoms with Gasteiger partial charge in [0.2, 0.25) is 0 Å². The van der Waals surface area contributed by atoms with Gasteiger partial charge >= 0.3 is 0 Å². The van der Waals surface area contributed by atoms with Crippen LogP contribution in [0.3, 0.4) is 0 Å². The molecule has 18 heavy (non-hydrogen) atoms. The Bertz CT molecular complexity index is 415. The van der Waals surface area contributed by atoms with E-state index in [0.717, 1.165) is 23.9 Å². The molecule has 1 amide bonds. The third kappa shape index (κ3) is 2.77. The number of nitrogens with zero attached hydrogens (tertiary/aromatic N) is 1. The maximum Gasteiger partial charge on any atom is 0.254 e. The van der Waals surface area contributed by atoms with E-state index >= 15 is 0 Å². The lowest BCUT2D eigenvalue weighted by atomic mass is 9.91. The fourth-order valence-corrected chi connectivity index (χ4v) is 2.90. The highest BCUT2D eigenvalue weighted by molar-refractivity contribution is 9.08. The molecule has 0 bridgehead atoms. The number of carbonyl (C=O) groups is 1. The topological polar surface area (TPSA) is 20.3 Å². The second kappa shape index (κ2) is 5.87. The van der Waals surface area contributed by atoms with Crippen LogP contribution in [0.15, 0.2) is 24.3 Å². The van der Waals surface area contributed by atoms with Crippen molar-refractivity contribution in [1.82, 2.24) is 4.90 Å². The highest BCUT2D eigenvalue weighted by atomic mass is 79.9. The predicted octanol–water partition coefficient (Wildman–Crippen LogP) is 3.84. The molecule has 98 valence electrons. The highest BCUT2D eigenvalue weighted by Crippen LogP contribution is 2.24. The van der Waals surface area contributed by atoms with Crippen molar-refractivity contribution in [3.8, 4) is 0 Å². The minimum Gasteiger partial charge on any atom is -0.336 e. The van der Waals surface area contributed by atoms with E-state index in [1.54, 1.807) is 0 Å². The number of benzene rings is 1. The van der Waals surface area contributed by atoms with E-state index < -0.39 is 0 Å². The van der Waals surface area contributed by atoms with Crippen molar-refractivity contribution < 1.29 is 4.79 Å². The molecule has 0 aromatic heterocycles. The van der Waals surface area contributed by atoms with Crippen LogP contribution in [0, 0.1) is 5.92 Å². The Kier molecular flexibility index (Phi) is 4.44. The molecule has 3 heteroatoms. The quantitative estimate of drug-likeness (QED) is 0.760. The van der Waals surface area contributed by atoms with Gasteiger partial charge < -0.3 is 4.90 Å². The standard InChI is InChI=1S/C15H20BrNO/c1-11-4-3-9-17(12(11)2)15(18)14-7-5-13(10-16)6-8-14/h5-8,11-12H,3-4,9-10H2,1-2H3. The van der Waals surface area contributed by atoms with E-state index in [-0.39, 0.29) is 5.91 Å². The van der Waals surface area contributed by atoms with Crippen LogP contribution < -0.4 is 0 Å². The summed E-state index contributed by atoms with van der Waals surface area (Å²) in [5, 5.41) is 0.832. The largest absolute Gasteiger partial charge is 0.336 e. The summed E-state index contributed by atoms with van der Waals surface area (Å²) in [6.07, 6.45) is 2.35. The van der Waals surface area contributed by atoms with Gasteiger partial charge in [-0.3, -0.25) is 4.79 Å².